The standard InChI is InChI=1S/C13H16FN3O5S/c1-8-4-9(16-22-8)15-10(18)5-23-6-11(19)17-3-2-13(14,7-17)12(20)21/h4H,2-3,5-7H2,1H3,(H,20,21)(H,15,16,18). The van der Waals surface area contributed by atoms with Crippen LogP contribution in [0.5, 0.6) is 0 Å². The molecule has 23 heavy (non-hydrogen) atoms. The van der Waals surface area contributed by atoms with Crippen molar-refractivity contribution in [1.82, 2.24) is 10.1 Å². The molecular formula is C13H16FN3O5S. The van der Waals surface area contributed by atoms with Crippen molar-refractivity contribution in [3.8, 4) is 0 Å². The van der Waals surface area contributed by atoms with Crippen LogP contribution in [0.3, 0.4) is 0 Å². The molecule has 1 unspecified atom stereocenters. The molecule has 1 saturated heterocycles. The molecule has 0 radical (unpaired) electrons. The number of carboxylic acid groups (broad SMARTS) is 1. The Bertz CT molecular complexity index is 623. The Labute approximate surface area is 135 Å². The Morgan fingerprint density at radius 2 is 2.26 bits per heavy atom. The van der Waals surface area contributed by atoms with Crippen LogP contribution in [0, 0.1) is 6.92 Å². The monoisotopic (exact) mass is 345 g/mol. The van der Waals surface area contributed by atoms with Gasteiger partial charge in [-0.25, -0.2) is 9.18 Å². The van der Waals surface area contributed by atoms with Crippen LogP contribution in [0.25, 0.3) is 0 Å². The summed E-state index contributed by atoms with van der Waals surface area (Å²) < 4.78 is 18.7. The minimum absolute atomic E-state index is 0.0190. The third-order valence-corrected chi connectivity index (χ3v) is 4.23. The van der Waals surface area contributed by atoms with Crippen LogP contribution < -0.4 is 5.32 Å². The summed E-state index contributed by atoms with van der Waals surface area (Å²) in [6, 6.07) is 1.56. The number of aliphatic carboxylic acids is 1. The topological polar surface area (TPSA) is 113 Å². The zero-order valence-electron chi connectivity index (χ0n) is 12.4. The fourth-order valence-electron chi connectivity index (χ4n) is 2.09. The minimum atomic E-state index is -2.37. The molecule has 1 atom stereocenters. The lowest BCUT2D eigenvalue weighted by Gasteiger charge is -2.17. The van der Waals surface area contributed by atoms with Crippen molar-refractivity contribution in [1.29, 1.82) is 0 Å². The maximum atomic E-state index is 13.9. The first-order chi connectivity index (χ1) is 10.8. The maximum absolute atomic E-state index is 13.9. The van der Waals surface area contributed by atoms with E-state index < -0.39 is 18.2 Å². The molecule has 1 aliphatic heterocycles. The molecule has 0 saturated carbocycles. The van der Waals surface area contributed by atoms with Gasteiger partial charge < -0.3 is 19.8 Å². The number of aryl methyl sites for hydroxylation is 1. The molecule has 0 spiro atoms. The summed E-state index contributed by atoms with van der Waals surface area (Å²) in [6.45, 7) is 1.30. The molecule has 2 amide bonds. The average molecular weight is 345 g/mol. The van der Waals surface area contributed by atoms with Crippen molar-refractivity contribution in [2.75, 3.05) is 29.9 Å². The van der Waals surface area contributed by atoms with Crippen LogP contribution in [0.2, 0.25) is 0 Å². The summed E-state index contributed by atoms with van der Waals surface area (Å²) in [5, 5.41) is 14.9. The highest BCUT2D eigenvalue weighted by molar-refractivity contribution is 8.00. The largest absolute Gasteiger partial charge is 0.479 e. The number of halogens is 1. The van der Waals surface area contributed by atoms with Gasteiger partial charge in [-0.15, -0.1) is 11.8 Å². The van der Waals surface area contributed by atoms with Crippen molar-refractivity contribution < 1.29 is 28.4 Å². The molecule has 0 aromatic carbocycles. The fourth-order valence-corrected chi connectivity index (χ4v) is 2.80. The molecule has 2 heterocycles. The number of thioether (sulfide) groups is 1. The first kappa shape index (κ1) is 17.3. The minimum Gasteiger partial charge on any atom is -0.479 e. The number of nitrogens with one attached hydrogen (secondary N) is 1. The van der Waals surface area contributed by atoms with Gasteiger partial charge in [0.25, 0.3) is 0 Å². The Balaban J connectivity index is 1.71. The number of carboxylic acids is 1. The Morgan fingerprint density at radius 3 is 2.83 bits per heavy atom. The predicted molar refractivity (Wildman–Crippen MR) is 79.9 cm³/mol. The molecule has 1 fully saturated rings. The van der Waals surface area contributed by atoms with E-state index in [-0.39, 0.29) is 36.3 Å². The second-order valence-electron chi connectivity index (χ2n) is 5.20. The third kappa shape index (κ3) is 4.44. The van der Waals surface area contributed by atoms with Gasteiger partial charge >= 0.3 is 5.97 Å². The number of carbonyl (C=O) groups excluding carboxylic acids is 2. The molecule has 1 aliphatic rings. The van der Waals surface area contributed by atoms with Gasteiger partial charge in [0.2, 0.25) is 17.5 Å². The van der Waals surface area contributed by atoms with Gasteiger partial charge in [0.1, 0.15) is 5.76 Å². The number of amides is 2. The van der Waals surface area contributed by atoms with E-state index in [1.807, 2.05) is 0 Å². The number of alkyl halides is 1. The summed E-state index contributed by atoms with van der Waals surface area (Å²) in [7, 11) is 0. The quantitative estimate of drug-likeness (QED) is 0.779. The van der Waals surface area contributed by atoms with E-state index >= 15 is 0 Å². The van der Waals surface area contributed by atoms with E-state index in [2.05, 4.69) is 10.5 Å². The second kappa shape index (κ2) is 6.99. The van der Waals surface area contributed by atoms with Gasteiger partial charge in [-0.05, 0) is 6.92 Å². The lowest BCUT2D eigenvalue weighted by atomic mass is 10.1. The number of carbonyl (C=O) groups is 3. The highest BCUT2D eigenvalue weighted by atomic mass is 32.2. The lowest BCUT2D eigenvalue weighted by molar-refractivity contribution is -0.150. The summed E-state index contributed by atoms with van der Waals surface area (Å²) in [6.07, 6.45) is -0.218. The number of nitrogens with zero attached hydrogens (tertiary/aromatic N) is 2. The maximum Gasteiger partial charge on any atom is 0.343 e. The van der Waals surface area contributed by atoms with Crippen LogP contribution >= 0.6 is 11.8 Å². The number of anilines is 1. The number of aromatic nitrogens is 1. The van der Waals surface area contributed by atoms with E-state index in [0.29, 0.717) is 11.6 Å². The van der Waals surface area contributed by atoms with Crippen LogP contribution in [0.4, 0.5) is 10.2 Å². The van der Waals surface area contributed by atoms with E-state index in [0.717, 1.165) is 11.8 Å². The van der Waals surface area contributed by atoms with Gasteiger partial charge in [-0.2, -0.15) is 0 Å². The Kier molecular flexibility index (Phi) is 5.24. The lowest BCUT2D eigenvalue weighted by Crippen LogP contribution is -2.39. The molecule has 1 aromatic rings. The van der Waals surface area contributed by atoms with Gasteiger partial charge in [-0.3, -0.25) is 9.59 Å². The number of hydrogen-bond donors (Lipinski definition) is 2. The van der Waals surface area contributed by atoms with Gasteiger partial charge in [0, 0.05) is 19.0 Å². The van der Waals surface area contributed by atoms with Gasteiger partial charge in [0.05, 0.1) is 18.1 Å². The molecule has 8 nitrogen and oxygen atoms in total. The Morgan fingerprint density at radius 1 is 1.52 bits per heavy atom. The van der Waals surface area contributed by atoms with Crippen LogP contribution in [-0.4, -0.2) is 63.2 Å². The zero-order chi connectivity index (χ0) is 17.0. The molecule has 0 aliphatic carbocycles. The van der Waals surface area contributed by atoms with E-state index in [4.69, 9.17) is 9.63 Å². The van der Waals surface area contributed by atoms with Crippen molar-refractivity contribution in [2.24, 2.45) is 0 Å². The molecular weight excluding hydrogens is 329 g/mol. The van der Waals surface area contributed by atoms with Crippen molar-refractivity contribution in [2.45, 2.75) is 19.0 Å². The molecule has 126 valence electrons. The van der Waals surface area contributed by atoms with E-state index in [1.165, 1.54) is 4.90 Å². The Hall–Kier alpha value is -2.10. The van der Waals surface area contributed by atoms with Crippen molar-refractivity contribution in [3.63, 3.8) is 0 Å². The number of likely N-dealkylation sites (tertiary alicyclic amines) is 1. The summed E-state index contributed by atoms with van der Waals surface area (Å²) in [5.41, 5.74) is -2.37. The normalized spacial score (nSPS) is 20.5. The average Bonchev–Trinajstić information content (AvgIpc) is 3.06. The zero-order valence-corrected chi connectivity index (χ0v) is 13.2. The van der Waals surface area contributed by atoms with Gasteiger partial charge in [0.15, 0.2) is 5.82 Å². The van der Waals surface area contributed by atoms with Gasteiger partial charge in [-0.1, -0.05) is 5.16 Å². The fraction of sp³-hybridized carbons (Fsp3) is 0.538. The SMILES string of the molecule is Cc1cc(NC(=O)CSCC(=O)N2CCC(F)(C(=O)O)C2)no1. The highest BCUT2D eigenvalue weighted by Gasteiger charge is 2.46. The summed E-state index contributed by atoms with van der Waals surface area (Å²) in [4.78, 5) is 35.5. The molecule has 10 heteroatoms. The molecule has 2 rings (SSSR count). The number of rotatable bonds is 6. The van der Waals surface area contributed by atoms with Crippen molar-refractivity contribution in [3.05, 3.63) is 11.8 Å². The first-order valence-corrected chi connectivity index (χ1v) is 7.96. The number of hydrogen-bond acceptors (Lipinski definition) is 6. The van der Waals surface area contributed by atoms with Crippen LogP contribution in [0.15, 0.2) is 10.6 Å². The predicted octanol–water partition coefficient (Wildman–Crippen LogP) is 0.680. The molecule has 0 bridgehead atoms. The van der Waals surface area contributed by atoms with Crippen molar-refractivity contribution >= 4 is 35.4 Å². The highest BCUT2D eigenvalue weighted by Crippen LogP contribution is 2.26. The van der Waals surface area contributed by atoms with E-state index in [9.17, 15) is 18.8 Å². The smallest absolute Gasteiger partial charge is 0.343 e. The molecule has 2 N–H and O–H groups in total. The van der Waals surface area contributed by atoms with E-state index in [1.54, 1.807) is 13.0 Å². The summed E-state index contributed by atoms with van der Waals surface area (Å²) in [5.74, 6) is -1.44. The molecule has 1 aromatic heterocycles. The summed E-state index contributed by atoms with van der Waals surface area (Å²) >= 11 is 1.06. The van der Waals surface area contributed by atoms with Crippen LogP contribution in [0.1, 0.15) is 12.2 Å². The second-order valence-corrected chi connectivity index (χ2v) is 6.19. The third-order valence-electron chi connectivity index (χ3n) is 3.31. The van der Waals surface area contributed by atoms with Crippen LogP contribution in [-0.2, 0) is 14.4 Å². The first-order valence-electron chi connectivity index (χ1n) is 6.81.